The van der Waals surface area contributed by atoms with Crippen molar-refractivity contribution in [3.8, 4) is 28.5 Å². The van der Waals surface area contributed by atoms with Crippen molar-refractivity contribution >= 4 is 20.8 Å². The summed E-state index contributed by atoms with van der Waals surface area (Å²) in [5, 5.41) is 16.4. The van der Waals surface area contributed by atoms with Crippen LogP contribution >= 0.6 is 0 Å². The van der Waals surface area contributed by atoms with Gasteiger partial charge in [0.15, 0.2) is 5.03 Å². The standard InChI is InChI=1S/C21H17N5O2S/c1-13-25-21(29(23,27)28)20(26(13)2)18-9-10-24-12-19(18)17-8-7-14(11-22)15-5-3-4-6-16(15)17/h3-10,12H,1-2H3,(H2,23,27,28). The van der Waals surface area contributed by atoms with Crippen LogP contribution in [0, 0.1) is 18.3 Å². The highest BCUT2D eigenvalue weighted by atomic mass is 32.2. The maximum absolute atomic E-state index is 12.2. The molecule has 0 saturated heterocycles. The number of aromatic nitrogens is 3. The van der Waals surface area contributed by atoms with E-state index >= 15 is 0 Å². The number of benzene rings is 2. The van der Waals surface area contributed by atoms with E-state index in [0.29, 0.717) is 22.6 Å². The summed E-state index contributed by atoms with van der Waals surface area (Å²) in [5.74, 6) is 0.525. The zero-order valence-electron chi connectivity index (χ0n) is 15.8. The number of pyridine rings is 1. The molecule has 0 aliphatic carbocycles. The normalized spacial score (nSPS) is 11.5. The second kappa shape index (κ2) is 6.81. The molecule has 4 aromatic rings. The molecule has 2 N–H and O–H groups in total. The summed E-state index contributed by atoms with van der Waals surface area (Å²) in [5.41, 5.74) is 3.16. The molecule has 2 heterocycles. The molecule has 8 heteroatoms. The first-order chi connectivity index (χ1) is 13.8. The van der Waals surface area contributed by atoms with Gasteiger partial charge >= 0.3 is 0 Å². The molecule has 0 fully saturated rings. The van der Waals surface area contributed by atoms with Crippen LogP contribution in [0.3, 0.4) is 0 Å². The molecule has 0 aliphatic heterocycles. The fourth-order valence-corrected chi connectivity index (χ4v) is 4.30. The molecule has 2 aromatic heterocycles. The minimum Gasteiger partial charge on any atom is -0.330 e. The predicted octanol–water partition coefficient (Wildman–Crippen LogP) is 3.13. The third-order valence-electron chi connectivity index (χ3n) is 4.97. The molecule has 4 rings (SSSR count). The number of nitrogens with two attached hydrogens (primary N) is 1. The van der Waals surface area contributed by atoms with Gasteiger partial charge in [0.25, 0.3) is 10.0 Å². The van der Waals surface area contributed by atoms with Crippen LogP contribution < -0.4 is 5.14 Å². The van der Waals surface area contributed by atoms with E-state index in [0.717, 1.165) is 21.9 Å². The van der Waals surface area contributed by atoms with Crippen molar-refractivity contribution in [3.05, 3.63) is 66.2 Å². The maximum Gasteiger partial charge on any atom is 0.257 e. The molecular weight excluding hydrogens is 386 g/mol. The van der Waals surface area contributed by atoms with Crippen LogP contribution in [0.5, 0.6) is 0 Å². The van der Waals surface area contributed by atoms with Crippen LogP contribution in [0.2, 0.25) is 0 Å². The van der Waals surface area contributed by atoms with Crippen molar-refractivity contribution < 1.29 is 8.42 Å². The molecule has 0 amide bonds. The number of nitriles is 1. The summed E-state index contributed by atoms with van der Waals surface area (Å²) in [6.45, 7) is 1.72. The van der Waals surface area contributed by atoms with Crippen molar-refractivity contribution in [3.63, 3.8) is 0 Å². The van der Waals surface area contributed by atoms with Crippen molar-refractivity contribution in [2.75, 3.05) is 0 Å². The smallest absolute Gasteiger partial charge is 0.257 e. The average Bonchev–Trinajstić information content (AvgIpc) is 3.02. The van der Waals surface area contributed by atoms with Crippen LogP contribution in [0.4, 0.5) is 0 Å². The predicted molar refractivity (Wildman–Crippen MR) is 110 cm³/mol. The third-order valence-corrected chi connectivity index (χ3v) is 5.79. The van der Waals surface area contributed by atoms with Crippen LogP contribution in [0.15, 0.2) is 59.9 Å². The van der Waals surface area contributed by atoms with Gasteiger partial charge in [-0.2, -0.15) is 5.26 Å². The number of sulfonamides is 1. The molecule has 0 saturated carbocycles. The van der Waals surface area contributed by atoms with E-state index in [-0.39, 0.29) is 5.03 Å². The molecule has 0 unspecified atom stereocenters. The zero-order valence-corrected chi connectivity index (χ0v) is 16.6. The van der Waals surface area contributed by atoms with Gasteiger partial charge in [0.2, 0.25) is 0 Å². The van der Waals surface area contributed by atoms with Gasteiger partial charge in [-0.25, -0.2) is 18.5 Å². The minimum absolute atomic E-state index is 0.178. The third kappa shape index (κ3) is 3.06. The second-order valence-corrected chi connectivity index (χ2v) is 8.13. The number of imidazole rings is 1. The monoisotopic (exact) mass is 403 g/mol. The first-order valence-electron chi connectivity index (χ1n) is 8.75. The van der Waals surface area contributed by atoms with Gasteiger partial charge in [-0.05, 0) is 30.0 Å². The number of hydrogen-bond acceptors (Lipinski definition) is 5. The SMILES string of the molecule is Cc1nc(S(N)(=O)=O)c(-c2ccncc2-c2ccc(C#N)c3ccccc23)n1C. The summed E-state index contributed by atoms with van der Waals surface area (Å²) in [6.07, 6.45) is 3.28. The molecule has 0 aliphatic rings. The number of rotatable bonds is 3. The number of hydrogen-bond donors (Lipinski definition) is 1. The minimum atomic E-state index is -4.03. The fraction of sp³-hybridized carbons (Fsp3) is 0.0952. The van der Waals surface area contributed by atoms with Gasteiger partial charge in [-0.1, -0.05) is 30.3 Å². The zero-order chi connectivity index (χ0) is 20.8. The van der Waals surface area contributed by atoms with Gasteiger partial charge in [0.1, 0.15) is 5.82 Å². The lowest BCUT2D eigenvalue weighted by Gasteiger charge is -2.14. The Morgan fingerprint density at radius 2 is 1.76 bits per heavy atom. The Morgan fingerprint density at radius 1 is 1.03 bits per heavy atom. The Bertz CT molecular complexity index is 1420. The Kier molecular flexibility index (Phi) is 4.42. The molecule has 0 bridgehead atoms. The van der Waals surface area contributed by atoms with Crippen LogP contribution in [-0.4, -0.2) is 23.0 Å². The average molecular weight is 403 g/mol. The first kappa shape index (κ1) is 18.8. The van der Waals surface area contributed by atoms with Gasteiger partial charge in [-0.3, -0.25) is 4.98 Å². The van der Waals surface area contributed by atoms with Gasteiger partial charge in [0, 0.05) is 36.0 Å². The number of primary sulfonamides is 1. The van der Waals surface area contributed by atoms with Crippen molar-refractivity contribution in [1.29, 1.82) is 5.26 Å². The quantitative estimate of drug-likeness (QED) is 0.564. The molecule has 29 heavy (non-hydrogen) atoms. The lowest BCUT2D eigenvalue weighted by Crippen LogP contribution is -2.14. The number of fused-ring (bicyclic) bond motifs is 1. The first-order valence-corrected chi connectivity index (χ1v) is 10.3. The molecule has 0 radical (unpaired) electrons. The highest BCUT2D eigenvalue weighted by molar-refractivity contribution is 7.89. The summed E-state index contributed by atoms with van der Waals surface area (Å²) in [7, 11) is -2.29. The van der Waals surface area contributed by atoms with Gasteiger partial charge < -0.3 is 4.57 Å². The highest BCUT2D eigenvalue weighted by Crippen LogP contribution is 2.38. The summed E-state index contributed by atoms with van der Waals surface area (Å²) < 4.78 is 26.1. The van der Waals surface area contributed by atoms with E-state index < -0.39 is 10.0 Å². The van der Waals surface area contributed by atoms with Crippen molar-refractivity contribution in [1.82, 2.24) is 14.5 Å². The number of nitrogens with zero attached hydrogens (tertiary/aromatic N) is 4. The molecule has 2 aromatic carbocycles. The number of aryl methyl sites for hydroxylation is 1. The largest absolute Gasteiger partial charge is 0.330 e. The van der Waals surface area contributed by atoms with Crippen LogP contribution in [-0.2, 0) is 17.1 Å². The van der Waals surface area contributed by atoms with E-state index in [1.165, 1.54) is 0 Å². The van der Waals surface area contributed by atoms with E-state index in [1.54, 1.807) is 43.1 Å². The fourth-order valence-electron chi connectivity index (χ4n) is 3.52. The van der Waals surface area contributed by atoms with Crippen molar-refractivity contribution in [2.45, 2.75) is 11.9 Å². The van der Waals surface area contributed by atoms with E-state index in [2.05, 4.69) is 16.0 Å². The molecule has 0 spiro atoms. The lowest BCUT2D eigenvalue weighted by atomic mass is 9.93. The van der Waals surface area contributed by atoms with E-state index in [1.807, 2.05) is 30.3 Å². The lowest BCUT2D eigenvalue weighted by molar-refractivity contribution is 0.595. The summed E-state index contributed by atoms with van der Waals surface area (Å²) >= 11 is 0. The van der Waals surface area contributed by atoms with Gasteiger partial charge in [-0.15, -0.1) is 0 Å². The molecular formula is C21H17N5O2S. The Balaban J connectivity index is 2.09. The topological polar surface area (TPSA) is 115 Å². The molecule has 144 valence electrons. The van der Waals surface area contributed by atoms with E-state index in [4.69, 9.17) is 5.14 Å². The molecule has 7 nitrogen and oxygen atoms in total. The Labute approximate surface area is 168 Å². The van der Waals surface area contributed by atoms with E-state index in [9.17, 15) is 13.7 Å². The molecule has 0 atom stereocenters. The van der Waals surface area contributed by atoms with Crippen molar-refractivity contribution in [2.24, 2.45) is 12.2 Å². The summed E-state index contributed by atoms with van der Waals surface area (Å²) in [4.78, 5) is 8.42. The Morgan fingerprint density at radius 3 is 2.45 bits per heavy atom. The highest BCUT2D eigenvalue weighted by Gasteiger charge is 2.25. The second-order valence-electron chi connectivity index (χ2n) is 6.66. The van der Waals surface area contributed by atoms with Crippen LogP contribution in [0.25, 0.3) is 33.2 Å². The maximum atomic E-state index is 12.2. The Hall–Kier alpha value is -3.54. The summed E-state index contributed by atoms with van der Waals surface area (Å²) in [6, 6.07) is 15.1. The van der Waals surface area contributed by atoms with Crippen LogP contribution in [0.1, 0.15) is 11.4 Å². The van der Waals surface area contributed by atoms with Gasteiger partial charge in [0.05, 0.1) is 17.3 Å².